The summed E-state index contributed by atoms with van der Waals surface area (Å²) in [5.41, 5.74) is 2.45. The number of benzene rings is 2. The van der Waals surface area contributed by atoms with Crippen molar-refractivity contribution in [3.8, 4) is 11.5 Å². The van der Waals surface area contributed by atoms with Crippen molar-refractivity contribution < 1.29 is 9.53 Å². The molecule has 2 aromatic carbocycles. The number of nitrogens with one attached hydrogen (secondary N) is 1. The molecular formula is C25H21Cl2N9O2. The maximum atomic E-state index is 13.1. The van der Waals surface area contributed by atoms with Crippen LogP contribution >= 0.6 is 23.2 Å². The molecule has 0 aliphatic rings. The average molecular weight is 550 g/mol. The van der Waals surface area contributed by atoms with Crippen LogP contribution < -0.4 is 10.1 Å². The van der Waals surface area contributed by atoms with Gasteiger partial charge in [0.05, 0.1) is 29.4 Å². The molecule has 0 atom stereocenters. The van der Waals surface area contributed by atoms with Crippen molar-refractivity contribution in [1.82, 2.24) is 40.0 Å². The number of nitrogens with zero attached hydrogens (tertiary/aromatic N) is 8. The first-order valence-corrected chi connectivity index (χ1v) is 12.3. The van der Waals surface area contributed by atoms with Crippen LogP contribution in [-0.4, -0.2) is 67.9 Å². The Hall–Kier alpha value is -4.24. The Kier molecular flexibility index (Phi) is 7.11. The van der Waals surface area contributed by atoms with Crippen molar-refractivity contribution >= 4 is 57.0 Å². The maximum Gasteiger partial charge on any atom is 0.346 e. The maximum absolute atomic E-state index is 13.1. The van der Waals surface area contributed by atoms with Crippen LogP contribution in [-0.2, 0) is 6.54 Å². The number of ether oxygens (including phenoxy) is 1. The Labute approximate surface area is 227 Å². The minimum Gasteiger partial charge on any atom is -0.455 e. The van der Waals surface area contributed by atoms with E-state index in [0.29, 0.717) is 56.9 Å². The van der Waals surface area contributed by atoms with Gasteiger partial charge in [0.1, 0.15) is 5.75 Å². The van der Waals surface area contributed by atoms with Crippen molar-refractivity contribution in [3.05, 3.63) is 75.8 Å². The van der Waals surface area contributed by atoms with Crippen LogP contribution in [0.2, 0.25) is 10.0 Å². The molecule has 0 aliphatic carbocycles. The number of amides is 1. The topological polar surface area (TPSA) is 107 Å². The lowest BCUT2D eigenvalue weighted by molar-refractivity contribution is 0.208. The lowest BCUT2D eigenvalue weighted by atomic mass is 10.2. The summed E-state index contributed by atoms with van der Waals surface area (Å²) >= 11 is 12.6. The number of likely N-dealkylation sites (N-methyl/N-ethyl adjacent to an activating group) is 2. The molecule has 0 saturated carbocycles. The van der Waals surface area contributed by atoms with E-state index in [4.69, 9.17) is 34.5 Å². The molecule has 192 valence electrons. The quantitative estimate of drug-likeness (QED) is 0.285. The van der Waals surface area contributed by atoms with Gasteiger partial charge in [0.15, 0.2) is 22.6 Å². The van der Waals surface area contributed by atoms with E-state index in [0.717, 1.165) is 5.39 Å². The lowest BCUT2D eigenvalue weighted by Gasteiger charge is -2.16. The zero-order valence-electron chi connectivity index (χ0n) is 20.4. The van der Waals surface area contributed by atoms with Gasteiger partial charge in [-0.25, -0.2) is 19.3 Å². The van der Waals surface area contributed by atoms with Crippen LogP contribution in [0.15, 0.2) is 48.7 Å². The fraction of sp³-hybridized carbons (Fsp3) is 0.200. The minimum absolute atomic E-state index is 0.222. The number of halogens is 2. The standard InChI is InChI=1S/C25H21Cl2N9O2/c1-28-9-10-34(3)25(37)36-24-18(5-4-8-30-24)20(32-36)14-35-21-7-6-19(27)23(22(21)31-33-35)38-17-12-15(26)11-16(13-17)29-2/h4-8,11-13,28H,9-10,14H2,1,3H3. The van der Waals surface area contributed by atoms with Crippen LogP contribution in [0, 0.1) is 6.57 Å². The molecular weight excluding hydrogens is 529 g/mol. The van der Waals surface area contributed by atoms with Gasteiger partial charge in [-0.15, -0.1) is 5.10 Å². The van der Waals surface area contributed by atoms with Crippen molar-refractivity contribution in [1.29, 1.82) is 0 Å². The Morgan fingerprint density at radius 1 is 1.24 bits per heavy atom. The highest BCUT2D eigenvalue weighted by atomic mass is 35.5. The van der Waals surface area contributed by atoms with Crippen molar-refractivity contribution in [3.63, 3.8) is 0 Å². The summed E-state index contributed by atoms with van der Waals surface area (Å²) in [5.74, 6) is 0.635. The van der Waals surface area contributed by atoms with Crippen LogP contribution in [0.1, 0.15) is 5.69 Å². The van der Waals surface area contributed by atoms with Gasteiger partial charge in [0, 0.05) is 36.7 Å². The predicted molar refractivity (Wildman–Crippen MR) is 144 cm³/mol. The summed E-state index contributed by atoms with van der Waals surface area (Å²) in [5, 5.41) is 17.6. The van der Waals surface area contributed by atoms with Crippen molar-refractivity contribution in [2.24, 2.45) is 0 Å². The third-order valence-corrected chi connectivity index (χ3v) is 6.34. The molecule has 0 spiro atoms. The number of hydrogen-bond acceptors (Lipinski definition) is 7. The number of carbonyl (C=O) groups is 1. The number of hydrogen-bond donors (Lipinski definition) is 1. The third kappa shape index (κ3) is 4.84. The average Bonchev–Trinajstić information content (AvgIpc) is 3.50. The molecule has 0 unspecified atom stereocenters. The van der Waals surface area contributed by atoms with Gasteiger partial charge < -0.3 is 15.0 Å². The number of pyridine rings is 1. The predicted octanol–water partition coefficient (Wildman–Crippen LogP) is 4.99. The van der Waals surface area contributed by atoms with Gasteiger partial charge in [0.2, 0.25) is 0 Å². The molecule has 3 aromatic heterocycles. The normalized spacial score (nSPS) is 11.1. The zero-order valence-corrected chi connectivity index (χ0v) is 21.9. The fourth-order valence-electron chi connectivity index (χ4n) is 3.93. The van der Waals surface area contributed by atoms with Crippen molar-refractivity contribution in [2.45, 2.75) is 6.54 Å². The Bertz CT molecular complexity index is 1710. The molecule has 0 aliphatic heterocycles. The molecule has 1 N–H and O–H groups in total. The Morgan fingerprint density at radius 3 is 2.87 bits per heavy atom. The Balaban J connectivity index is 1.51. The number of aromatic nitrogens is 6. The number of carbonyl (C=O) groups excluding carboxylic acids is 1. The molecule has 13 heteroatoms. The summed E-state index contributed by atoms with van der Waals surface area (Å²) in [6.07, 6.45) is 1.62. The first-order chi connectivity index (χ1) is 18.4. The van der Waals surface area contributed by atoms with E-state index in [2.05, 4.69) is 30.6 Å². The largest absolute Gasteiger partial charge is 0.455 e. The molecule has 5 aromatic rings. The second-order valence-corrected chi connectivity index (χ2v) is 9.23. The molecule has 38 heavy (non-hydrogen) atoms. The molecule has 0 radical (unpaired) electrons. The highest BCUT2D eigenvalue weighted by Gasteiger charge is 2.21. The molecule has 0 bridgehead atoms. The van der Waals surface area contributed by atoms with E-state index in [1.54, 1.807) is 59.2 Å². The van der Waals surface area contributed by atoms with Crippen LogP contribution in [0.25, 0.3) is 26.9 Å². The summed E-state index contributed by atoms with van der Waals surface area (Å²) < 4.78 is 8.97. The van der Waals surface area contributed by atoms with Gasteiger partial charge in [-0.05, 0) is 49.5 Å². The summed E-state index contributed by atoms with van der Waals surface area (Å²) in [6, 6.07) is 11.5. The molecule has 5 rings (SSSR count). The highest BCUT2D eigenvalue weighted by Crippen LogP contribution is 2.37. The molecule has 0 saturated heterocycles. The lowest BCUT2D eigenvalue weighted by Crippen LogP contribution is -2.36. The van der Waals surface area contributed by atoms with E-state index >= 15 is 0 Å². The van der Waals surface area contributed by atoms with E-state index in [9.17, 15) is 4.79 Å². The second kappa shape index (κ2) is 10.6. The van der Waals surface area contributed by atoms with E-state index in [1.807, 2.05) is 13.1 Å². The van der Waals surface area contributed by atoms with Gasteiger partial charge in [-0.3, -0.25) is 0 Å². The fourth-order valence-corrected chi connectivity index (χ4v) is 4.34. The van der Waals surface area contributed by atoms with Crippen LogP contribution in [0.3, 0.4) is 0 Å². The van der Waals surface area contributed by atoms with Crippen LogP contribution in [0.5, 0.6) is 11.5 Å². The minimum atomic E-state index is -0.290. The summed E-state index contributed by atoms with van der Waals surface area (Å²) in [6.45, 7) is 8.64. The third-order valence-electron chi connectivity index (χ3n) is 5.82. The van der Waals surface area contributed by atoms with Gasteiger partial charge >= 0.3 is 6.03 Å². The Morgan fingerprint density at radius 2 is 2.08 bits per heavy atom. The smallest absolute Gasteiger partial charge is 0.346 e. The number of fused-ring (bicyclic) bond motifs is 2. The SMILES string of the molecule is [C-]#[N+]c1cc(Cl)cc(Oc2c(Cl)ccc3c2nnn3Cc2nn(C(=O)N(C)CCNC)c3ncccc23)c1. The summed E-state index contributed by atoms with van der Waals surface area (Å²) in [7, 11) is 3.54. The monoisotopic (exact) mass is 549 g/mol. The first-order valence-electron chi connectivity index (χ1n) is 11.5. The molecule has 3 heterocycles. The van der Waals surface area contributed by atoms with Crippen molar-refractivity contribution in [2.75, 3.05) is 27.2 Å². The van der Waals surface area contributed by atoms with E-state index in [1.165, 1.54) is 4.68 Å². The van der Waals surface area contributed by atoms with Gasteiger partial charge in [-0.1, -0.05) is 28.4 Å². The van der Waals surface area contributed by atoms with Crippen LogP contribution in [0.4, 0.5) is 10.5 Å². The molecule has 1 amide bonds. The van der Waals surface area contributed by atoms with E-state index in [-0.39, 0.29) is 18.3 Å². The second-order valence-electron chi connectivity index (χ2n) is 8.39. The molecule has 11 nitrogen and oxygen atoms in total. The first kappa shape index (κ1) is 25.4. The van der Waals surface area contributed by atoms with E-state index < -0.39 is 0 Å². The molecule has 0 fully saturated rings. The summed E-state index contributed by atoms with van der Waals surface area (Å²) in [4.78, 5) is 22.5. The van der Waals surface area contributed by atoms with Gasteiger partial charge in [0.25, 0.3) is 0 Å². The highest BCUT2D eigenvalue weighted by molar-refractivity contribution is 6.33. The van der Waals surface area contributed by atoms with Gasteiger partial charge in [-0.2, -0.15) is 9.78 Å². The zero-order chi connectivity index (χ0) is 26.8. The number of rotatable bonds is 7.